The van der Waals surface area contributed by atoms with Gasteiger partial charge in [0, 0.05) is 31.3 Å². The minimum Gasteiger partial charge on any atom is -0.480 e. The van der Waals surface area contributed by atoms with Crippen molar-refractivity contribution >= 4 is 29.6 Å². The van der Waals surface area contributed by atoms with Gasteiger partial charge in [-0.2, -0.15) is 0 Å². The highest BCUT2D eigenvalue weighted by molar-refractivity contribution is 5.94. The first-order valence-corrected chi connectivity index (χ1v) is 10.8. The summed E-state index contributed by atoms with van der Waals surface area (Å²) in [6.07, 6.45) is 2.17. The minimum atomic E-state index is -1.49. The van der Waals surface area contributed by atoms with E-state index in [2.05, 4.69) is 20.6 Å². The van der Waals surface area contributed by atoms with E-state index in [1.54, 1.807) is 6.20 Å². The fourth-order valence-electron chi connectivity index (χ4n) is 3.70. The van der Waals surface area contributed by atoms with Gasteiger partial charge in [-0.1, -0.05) is 0 Å². The van der Waals surface area contributed by atoms with Crippen LogP contribution in [-0.2, 0) is 30.4 Å². The van der Waals surface area contributed by atoms with E-state index in [9.17, 15) is 34.2 Å². The van der Waals surface area contributed by atoms with Crippen LogP contribution in [0.25, 0.3) is 0 Å². The van der Waals surface area contributed by atoms with E-state index in [4.69, 9.17) is 11.5 Å². The highest BCUT2D eigenvalue weighted by Gasteiger charge is 2.39. The van der Waals surface area contributed by atoms with Gasteiger partial charge in [0.2, 0.25) is 23.6 Å². The Kier molecular flexibility index (Phi) is 9.50. The Morgan fingerprint density at radius 2 is 2.00 bits per heavy atom. The summed E-state index contributed by atoms with van der Waals surface area (Å²) in [5, 5.41) is 23.9. The number of primary amides is 1. The number of imidazole rings is 1. The van der Waals surface area contributed by atoms with Gasteiger partial charge in [0.1, 0.15) is 18.1 Å². The van der Waals surface area contributed by atoms with E-state index < -0.39 is 59.9 Å². The van der Waals surface area contributed by atoms with Crippen LogP contribution in [0.5, 0.6) is 0 Å². The number of aliphatic hydroxyl groups excluding tert-OH is 1. The Labute approximate surface area is 195 Å². The van der Waals surface area contributed by atoms with Crippen LogP contribution >= 0.6 is 0 Å². The minimum absolute atomic E-state index is 0.199. The summed E-state index contributed by atoms with van der Waals surface area (Å²) in [5.74, 6) is -4.21. The number of carbonyl (C=O) groups excluding carboxylic acids is 4. The fourth-order valence-corrected chi connectivity index (χ4v) is 3.70. The first-order chi connectivity index (χ1) is 16.0. The van der Waals surface area contributed by atoms with Crippen molar-refractivity contribution in [3.63, 3.8) is 0 Å². The molecular weight excluding hydrogens is 450 g/mol. The van der Waals surface area contributed by atoms with Crippen LogP contribution < -0.4 is 22.1 Å². The molecule has 34 heavy (non-hydrogen) atoms. The monoisotopic (exact) mass is 481 g/mol. The third kappa shape index (κ3) is 7.25. The molecule has 0 aromatic carbocycles. The number of aliphatic carboxylic acids is 1. The summed E-state index contributed by atoms with van der Waals surface area (Å²) in [5.41, 5.74) is 11.7. The lowest BCUT2D eigenvalue weighted by Crippen LogP contribution is -2.59. The summed E-state index contributed by atoms with van der Waals surface area (Å²) < 4.78 is 0. The molecule has 2 rings (SSSR count). The number of nitrogens with one attached hydrogen (secondary N) is 3. The van der Waals surface area contributed by atoms with Gasteiger partial charge in [-0.25, -0.2) is 9.78 Å². The molecule has 188 valence electrons. The number of nitrogens with two attached hydrogens (primary N) is 2. The van der Waals surface area contributed by atoms with Crippen LogP contribution in [0.4, 0.5) is 0 Å². The Balaban J connectivity index is 2.04. The van der Waals surface area contributed by atoms with Crippen LogP contribution in [0, 0.1) is 0 Å². The molecule has 9 N–H and O–H groups in total. The topological polar surface area (TPSA) is 234 Å². The predicted molar refractivity (Wildman–Crippen MR) is 117 cm³/mol. The van der Waals surface area contributed by atoms with Gasteiger partial charge in [0.05, 0.1) is 18.5 Å². The van der Waals surface area contributed by atoms with Crippen molar-refractivity contribution in [2.24, 2.45) is 11.5 Å². The second-order valence-corrected chi connectivity index (χ2v) is 8.21. The number of carboxylic acids is 1. The molecule has 5 unspecified atom stereocenters. The Morgan fingerprint density at radius 3 is 2.56 bits per heavy atom. The SMILES string of the molecule is CC(O)C(NC(=O)C1CCCN1C(=O)C(N)Cc1cnc[nH]1)C(=O)NC(CCC(N)=O)C(=O)O. The molecule has 1 aliphatic rings. The highest BCUT2D eigenvalue weighted by Crippen LogP contribution is 2.19. The fraction of sp³-hybridized carbons (Fsp3) is 0.600. The number of carbonyl (C=O) groups is 5. The van der Waals surface area contributed by atoms with E-state index >= 15 is 0 Å². The predicted octanol–water partition coefficient (Wildman–Crippen LogP) is -3.03. The molecule has 0 aliphatic carbocycles. The summed E-state index contributed by atoms with van der Waals surface area (Å²) in [7, 11) is 0. The number of hydrogen-bond acceptors (Lipinski definition) is 8. The second kappa shape index (κ2) is 12.1. The molecule has 2 heterocycles. The van der Waals surface area contributed by atoms with Gasteiger partial charge in [0.25, 0.3) is 0 Å². The van der Waals surface area contributed by atoms with Crippen molar-refractivity contribution in [3.8, 4) is 0 Å². The molecule has 1 fully saturated rings. The maximum atomic E-state index is 12.9. The lowest BCUT2D eigenvalue weighted by molar-refractivity contribution is -0.144. The molecule has 1 aromatic rings. The number of aliphatic hydroxyl groups is 1. The van der Waals surface area contributed by atoms with E-state index in [0.717, 1.165) is 0 Å². The number of hydrogen-bond donors (Lipinski definition) is 7. The Morgan fingerprint density at radius 1 is 1.29 bits per heavy atom. The third-order valence-electron chi connectivity index (χ3n) is 5.51. The molecule has 1 aromatic heterocycles. The molecule has 14 nitrogen and oxygen atoms in total. The Hall–Kier alpha value is -3.52. The van der Waals surface area contributed by atoms with Gasteiger partial charge in [-0.3, -0.25) is 19.2 Å². The average molecular weight is 482 g/mol. The number of aromatic amines is 1. The third-order valence-corrected chi connectivity index (χ3v) is 5.51. The van der Waals surface area contributed by atoms with Gasteiger partial charge < -0.3 is 42.2 Å². The number of H-pyrrole nitrogens is 1. The molecule has 0 spiro atoms. The van der Waals surface area contributed by atoms with Gasteiger partial charge in [-0.05, 0) is 26.2 Å². The first-order valence-electron chi connectivity index (χ1n) is 10.8. The molecule has 14 heteroatoms. The van der Waals surface area contributed by atoms with E-state index in [1.807, 2.05) is 0 Å². The van der Waals surface area contributed by atoms with Crippen LogP contribution in [0.3, 0.4) is 0 Å². The van der Waals surface area contributed by atoms with Crippen LogP contribution in [0.15, 0.2) is 12.5 Å². The number of aromatic nitrogens is 2. The van der Waals surface area contributed by atoms with Crippen molar-refractivity contribution in [2.75, 3.05) is 6.54 Å². The van der Waals surface area contributed by atoms with Crippen molar-refractivity contribution < 1.29 is 34.2 Å². The van der Waals surface area contributed by atoms with Crippen molar-refractivity contribution in [1.82, 2.24) is 25.5 Å². The zero-order valence-electron chi connectivity index (χ0n) is 18.8. The lowest BCUT2D eigenvalue weighted by Gasteiger charge is -2.29. The molecule has 4 amide bonds. The summed E-state index contributed by atoms with van der Waals surface area (Å²) in [6.45, 7) is 1.55. The molecule has 1 aliphatic heterocycles. The molecule has 5 atom stereocenters. The van der Waals surface area contributed by atoms with Gasteiger partial charge in [0.15, 0.2) is 0 Å². The maximum absolute atomic E-state index is 12.9. The zero-order chi connectivity index (χ0) is 25.4. The van der Waals surface area contributed by atoms with Crippen LogP contribution in [0.1, 0.15) is 38.3 Å². The molecular formula is C20H31N7O7. The van der Waals surface area contributed by atoms with Gasteiger partial charge in [-0.15, -0.1) is 0 Å². The number of nitrogens with zero attached hydrogens (tertiary/aromatic N) is 2. The smallest absolute Gasteiger partial charge is 0.326 e. The van der Waals surface area contributed by atoms with Crippen molar-refractivity contribution in [3.05, 3.63) is 18.2 Å². The molecule has 0 bridgehead atoms. The lowest BCUT2D eigenvalue weighted by atomic mass is 10.1. The average Bonchev–Trinajstić information content (AvgIpc) is 3.45. The largest absolute Gasteiger partial charge is 0.480 e. The van der Waals surface area contributed by atoms with Crippen LogP contribution in [-0.4, -0.2) is 91.5 Å². The highest BCUT2D eigenvalue weighted by atomic mass is 16.4. The normalized spacial score (nSPS) is 19.0. The van der Waals surface area contributed by atoms with Crippen molar-refractivity contribution in [2.45, 2.75) is 69.3 Å². The zero-order valence-corrected chi connectivity index (χ0v) is 18.8. The number of likely N-dealkylation sites (tertiary alicyclic amines) is 1. The van der Waals surface area contributed by atoms with Gasteiger partial charge >= 0.3 is 5.97 Å². The van der Waals surface area contributed by atoms with E-state index in [0.29, 0.717) is 25.1 Å². The molecule has 1 saturated heterocycles. The molecule has 0 saturated carbocycles. The van der Waals surface area contributed by atoms with E-state index in [1.165, 1.54) is 18.2 Å². The Bertz CT molecular complexity index is 890. The summed E-state index contributed by atoms with van der Waals surface area (Å²) in [6, 6.07) is -4.74. The number of rotatable bonds is 12. The number of amides is 4. The summed E-state index contributed by atoms with van der Waals surface area (Å²) >= 11 is 0. The van der Waals surface area contributed by atoms with E-state index in [-0.39, 0.29) is 19.3 Å². The number of carboxylic acid groups (broad SMARTS) is 1. The summed E-state index contributed by atoms with van der Waals surface area (Å²) in [4.78, 5) is 68.8. The quantitative estimate of drug-likeness (QED) is 0.161. The second-order valence-electron chi connectivity index (χ2n) is 8.21. The first kappa shape index (κ1) is 26.7. The maximum Gasteiger partial charge on any atom is 0.326 e. The molecule has 0 radical (unpaired) electrons. The standard InChI is InChI=1S/C20H31N7O7/c1-10(28)16(18(31)25-13(20(33)34)4-5-15(22)29)26-17(30)14-3-2-6-27(14)19(32)12(21)7-11-8-23-9-24-11/h8-10,12-14,16,28H,2-7,21H2,1H3,(H2,22,29)(H,23,24)(H,25,31)(H,26,30)(H,33,34). The van der Waals surface area contributed by atoms with Crippen molar-refractivity contribution in [1.29, 1.82) is 0 Å². The van der Waals surface area contributed by atoms with Crippen LogP contribution in [0.2, 0.25) is 0 Å².